The second kappa shape index (κ2) is 5.38. The molecule has 0 amide bonds. The van der Waals surface area contributed by atoms with E-state index >= 15 is 0 Å². The lowest BCUT2D eigenvalue weighted by Crippen LogP contribution is -2.41. The number of thioether (sulfide) groups is 1. The van der Waals surface area contributed by atoms with Gasteiger partial charge < -0.3 is 5.73 Å². The van der Waals surface area contributed by atoms with E-state index in [2.05, 4.69) is 37.4 Å². The molecule has 0 aromatic heterocycles. The van der Waals surface area contributed by atoms with Crippen LogP contribution in [0.5, 0.6) is 0 Å². The topological polar surface area (TPSA) is 29.3 Å². The summed E-state index contributed by atoms with van der Waals surface area (Å²) in [6.07, 6.45) is 2.47. The molecule has 1 aliphatic rings. The van der Waals surface area contributed by atoms with Gasteiger partial charge in [0.2, 0.25) is 0 Å². The molecule has 1 aliphatic heterocycles. The molecule has 1 fully saturated rings. The molecule has 2 N–H and O–H groups in total. The van der Waals surface area contributed by atoms with Gasteiger partial charge in [-0.1, -0.05) is 20.8 Å². The lowest BCUT2D eigenvalue weighted by Gasteiger charge is -2.29. The van der Waals surface area contributed by atoms with Gasteiger partial charge in [-0.05, 0) is 19.4 Å². The molecule has 14 heavy (non-hydrogen) atoms. The van der Waals surface area contributed by atoms with E-state index in [0.717, 1.165) is 6.54 Å². The van der Waals surface area contributed by atoms with Crippen LogP contribution in [0.3, 0.4) is 0 Å². The minimum absolute atomic E-state index is 0.460. The molecule has 1 rings (SSSR count). The molecule has 0 aliphatic carbocycles. The normalized spacial score (nSPS) is 25.7. The van der Waals surface area contributed by atoms with Crippen molar-refractivity contribution in [2.24, 2.45) is 5.73 Å². The van der Waals surface area contributed by atoms with Crippen LogP contribution in [0.2, 0.25) is 0 Å². The molecule has 0 aromatic carbocycles. The Morgan fingerprint density at radius 2 is 2.14 bits per heavy atom. The van der Waals surface area contributed by atoms with Crippen molar-refractivity contribution in [2.75, 3.05) is 25.4 Å². The number of hydrogen-bond donors (Lipinski definition) is 1. The highest BCUT2D eigenvalue weighted by Gasteiger charge is 2.25. The Morgan fingerprint density at radius 3 is 2.71 bits per heavy atom. The Kier molecular flexibility index (Phi) is 4.74. The lowest BCUT2D eigenvalue weighted by molar-refractivity contribution is 0.204. The van der Waals surface area contributed by atoms with Crippen molar-refractivity contribution in [3.63, 3.8) is 0 Å². The van der Waals surface area contributed by atoms with Crippen LogP contribution in [0.25, 0.3) is 0 Å². The molecule has 1 saturated heterocycles. The molecule has 84 valence electrons. The fourth-order valence-electron chi connectivity index (χ4n) is 1.98. The van der Waals surface area contributed by atoms with Crippen LogP contribution < -0.4 is 5.73 Å². The van der Waals surface area contributed by atoms with Crippen molar-refractivity contribution in [3.05, 3.63) is 0 Å². The van der Waals surface area contributed by atoms with Gasteiger partial charge in [0.05, 0.1) is 0 Å². The SMILES string of the molecule is CCC(CN)N1CCSC(C)(C)CC1. The first-order chi connectivity index (χ1) is 6.59. The summed E-state index contributed by atoms with van der Waals surface area (Å²) in [6, 6.07) is 0.601. The van der Waals surface area contributed by atoms with Gasteiger partial charge in [0.15, 0.2) is 0 Å². The Balaban J connectivity index is 2.48. The highest BCUT2D eigenvalue weighted by atomic mass is 32.2. The fraction of sp³-hybridized carbons (Fsp3) is 1.00. The van der Waals surface area contributed by atoms with Gasteiger partial charge in [-0.3, -0.25) is 4.90 Å². The molecule has 0 saturated carbocycles. The molecular weight excluding hydrogens is 192 g/mol. The van der Waals surface area contributed by atoms with Gasteiger partial charge in [-0.15, -0.1) is 0 Å². The summed E-state index contributed by atoms with van der Waals surface area (Å²) in [5.74, 6) is 1.25. The van der Waals surface area contributed by atoms with Crippen LogP contribution in [0, 0.1) is 0 Å². The molecule has 1 atom stereocenters. The van der Waals surface area contributed by atoms with Crippen molar-refractivity contribution >= 4 is 11.8 Å². The quantitative estimate of drug-likeness (QED) is 0.782. The third kappa shape index (κ3) is 3.44. The van der Waals surface area contributed by atoms with Gasteiger partial charge in [0, 0.05) is 29.6 Å². The third-order valence-electron chi connectivity index (χ3n) is 3.13. The summed E-state index contributed by atoms with van der Waals surface area (Å²) in [7, 11) is 0. The number of rotatable bonds is 3. The van der Waals surface area contributed by atoms with Crippen molar-refractivity contribution in [3.8, 4) is 0 Å². The Hall–Kier alpha value is 0.270. The zero-order chi connectivity index (χ0) is 10.6. The monoisotopic (exact) mass is 216 g/mol. The molecule has 0 radical (unpaired) electrons. The summed E-state index contributed by atoms with van der Waals surface area (Å²) in [4.78, 5) is 2.57. The maximum atomic E-state index is 5.78. The second-order valence-corrected chi connectivity index (χ2v) is 6.49. The van der Waals surface area contributed by atoms with E-state index in [4.69, 9.17) is 5.73 Å². The zero-order valence-corrected chi connectivity index (χ0v) is 10.6. The predicted octanol–water partition coefficient (Wildman–Crippen LogP) is 1.94. The summed E-state index contributed by atoms with van der Waals surface area (Å²) >= 11 is 2.10. The Bertz CT molecular complexity index is 167. The van der Waals surface area contributed by atoms with Crippen LogP contribution in [0.15, 0.2) is 0 Å². The first-order valence-corrected chi connectivity index (χ1v) is 6.65. The minimum atomic E-state index is 0.460. The van der Waals surface area contributed by atoms with Crippen LogP contribution >= 0.6 is 11.8 Å². The van der Waals surface area contributed by atoms with E-state index in [1.54, 1.807) is 0 Å². The highest BCUT2D eigenvalue weighted by molar-refractivity contribution is 8.00. The van der Waals surface area contributed by atoms with E-state index in [9.17, 15) is 0 Å². The lowest BCUT2D eigenvalue weighted by atomic mass is 10.1. The fourth-order valence-corrected chi connectivity index (χ4v) is 3.09. The third-order valence-corrected chi connectivity index (χ3v) is 4.50. The number of nitrogens with two attached hydrogens (primary N) is 1. The molecule has 0 aromatic rings. The average molecular weight is 216 g/mol. The smallest absolute Gasteiger partial charge is 0.0216 e. The summed E-state index contributed by atoms with van der Waals surface area (Å²) in [5, 5.41) is 0. The maximum absolute atomic E-state index is 5.78. The van der Waals surface area contributed by atoms with E-state index in [1.807, 2.05) is 0 Å². The number of nitrogens with zero attached hydrogens (tertiary/aromatic N) is 1. The summed E-state index contributed by atoms with van der Waals surface area (Å²) in [6.45, 7) is 10.2. The van der Waals surface area contributed by atoms with E-state index in [-0.39, 0.29) is 0 Å². The molecule has 3 heteroatoms. The van der Waals surface area contributed by atoms with E-state index < -0.39 is 0 Å². The highest BCUT2D eigenvalue weighted by Crippen LogP contribution is 2.31. The first-order valence-electron chi connectivity index (χ1n) is 5.67. The van der Waals surface area contributed by atoms with Gasteiger partial charge in [-0.25, -0.2) is 0 Å². The van der Waals surface area contributed by atoms with Gasteiger partial charge in [-0.2, -0.15) is 11.8 Å². The molecular formula is C11H24N2S. The largest absolute Gasteiger partial charge is 0.329 e. The Labute approximate surface area is 92.6 Å². The maximum Gasteiger partial charge on any atom is 0.0216 e. The van der Waals surface area contributed by atoms with Gasteiger partial charge in [0.1, 0.15) is 0 Å². The van der Waals surface area contributed by atoms with Gasteiger partial charge >= 0.3 is 0 Å². The van der Waals surface area contributed by atoms with Crippen molar-refractivity contribution < 1.29 is 0 Å². The van der Waals surface area contributed by atoms with E-state index in [1.165, 1.54) is 31.7 Å². The minimum Gasteiger partial charge on any atom is -0.329 e. The summed E-state index contributed by atoms with van der Waals surface area (Å²) in [5.41, 5.74) is 5.78. The standard InChI is InChI=1S/C11H24N2S/c1-4-10(9-12)13-6-5-11(2,3)14-8-7-13/h10H,4-9,12H2,1-3H3. The average Bonchev–Trinajstić information content (AvgIpc) is 2.30. The first kappa shape index (κ1) is 12.3. The van der Waals surface area contributed by atoms with E-state index in [0.29, 0.717) is 10.8 Å². The van der Waals surface area contributed by atoms with Crippen molar-refractivity contribution in [1.29, 1.82) is 0 Å². The van der Waals surface area contributed by atoms with Crippen LogP contribution in [-0.2, 0) is 0 Å². The van der Waals surface area contributed by atoms with Crippen LogP contribution in [-0.4, -0.2) is 41.1 Å². The van der Waals surface area contributed by atoms with Crippen molar-refractivity contribution in [1.82, 2.24) is 4.90 Å². The molecule has 0 bridgehead atoms. The zero-order valence-electron chi connectivity index (χ0n) is 9.75. The second-order valence-electron chi connectivity index (χ2n) is 4.69. The van der Waals surface area contributed by atoms with Crippen LogP contribution in [0.1, 0.15) is 33.6 Å². The number of hydrogen-bond acceptors (Lipinski definition) is 3. The molecule has 1 unspecified atom stereocenters. The molecule has 2 nitrogen and oxygen atoms in total. The van der Waals surface area contributed by atoms with Crippen LogP contribution in [0.4, 0.5) is 0 Å². The van der Waals surface area contributed by atoms with Gasteiger partial charge in [0.25, 0.3) is 0 Å². The Morgan fingerprint density at radius 1 is 1.43 bits per heavy atom. The van der Waals surface area contributed by atoms with Crippen molar-refractivity contribution in [2.45, 2.75) is 44.4 Å². The summed E-state index contributed by atoms with van der Waals surface area (Å²) < 4.78 is 0.460. The molecule has 1 heterocycles. The predicted molar refractivity (Wildman–Crippen MR) is 65.9 cm³/mol. The molecule has 0 spiro atoms.